The molecule has 0 heterocycles. The molecule has 0 amide bonds. The molecular weight excluding hydrogens is 194 g/mol. The minimum atomic E-state index is -0.520. The molecule has 4 nitrogen and oxygen atoms in total. The summed E-state index contributed by atoms with van der Waals surface area (Å²) in [6.07, 6.45) is -0.129. The third kappa shape index (κ3) is 10.1. The molecule has 2 unspecified atom stereocenters. The molecule has 0 spiro atoms. The molecule has 3 N–H and O–H groups in total. The maximum atomic E-state index is 9.53. The lowest BCUT2D eigenvalue weighted by Crippen LogP contribution is -2.36. The first-order valence-corrected chi connectivity index (χ1v) is 5.56. The highest BCUT2D eigenvalue weighted by atomic mass is 16.5. The summed E-state index contributed by atoms with van der Waals surface area (Å²) in [6, 6.07) is 0. The van der Waals surface area contributed by atoms with E-state index in [0.717, 1.165) is 6.42 Å². The van der Waals surface area contributed by atoms with Crippen LogP contribution in [0.3, 0.4) is 0 Å². The van der Waals surface area contributed by atoms with Gasteiger partial charge in [0.25, 0.3) is 0 Å². The van der Waals surface area contributed by atoms with Crippen LogP contribution in [0.1, 0.15) is 34.1 Å². The molecule has 92 valence electrons. The van der Waals surface area contributed by atoms with Gasteiger partial charge in [-0.1, -0.05) is 6.92 Å². The molecule has 4 heteroatoms. The van der Waals surface area contributed by atoms with Crippen molar-refractivity contribution in [3.63, 3.8) is 0 Å². The van der Waals surface area contributed by atoms with Crippen LogP contribution in [0.2, 0.25) is 0 Å². The third-order valence-electron chi connectivity index (χ3n) is 1.94. The van der Waals surface area contributed by atoms with Crippen molar-refractivity contribution in [2.75, 3.05) is 19.7 Å². The van der Waals surface area contributed by atoms with E-state index in [1.165, 1.54) is 0 Å². The highest BCUT2D eigenvalue weighted by Crippen LogP contribution is 2.06. The zero-order chi connectivity index (χ0) is 11.9. The molecule has 0 aliphatic carbocycles. The average molecular weight is 219 g/mol. The summed E-state index contributed by atoms with van der Waals surface area (Å²) in [5.74, 6) is 0. The van der Waals surface area contributed by atoms with Gasteiger partial charge in [0.1, 0.15) is 0 Å². The zero-order valence-electron chi connectivity index (χ0n) is 10.3. The van der Waals surface area contributed by atoms with E-state index in [4.69, 9.17) is 4.74 Å². The van der Waals surface area contributed by atoms with Crippen LogP contribution in [0.4, 0.5) is 0 Å². The highest BCUT2D eigenvalue weighted by Gasteiger charge is 2.13. The Labute approximate surface area is 92.6 Å². The molecule has 0 saturated heterocycles. The van der Waals surface area contributed by atoms with Crippen molar-refractivity contribution in [3.8, 4) is 0 Å². The summed E-state index contributed by atoms with van der Waals surface area (Å²) in [7, 11) is 0. The van der Waals surface area contributed by atoms with E-state index in [1.54, 1.807) is 0 Å². The topological polar surface area (TPSA) is 61.7 Å². The second-order valence-corrected chi connectivity index (χ2v) is 4.80. The van der Waals surface area contributed by atoms with E-state index in [9.17, 15) is 10.2 Å². The van der Waals surface area contributed by atoms with Gasteiger partial charge in [-0.15, -0.1) is 0 Å². The van der Waals surface area contributed by atoms with Crippen molar-refractivity contribution in [3.05, 3.63) is 0 Å². The lowest BCUT2D eigenvalue weighted by atomic mass is 10.2. The Morgan fingerprint density at radius 2 is 1.67 bits per heavy atom. The molecular formula is C11H25NO3. The third-order valence-corrected chi connectivity index (χ3v) is 1.94. The Kier molecular flexibility index (Phi) is 7.09. The van der Waals surface area contributed by atoms with E-state index in [1.807, 2.05) is 27.7 Å². The van der Waals surface area contributed by atoms with Crippen LogP contribution in [-0.4, -0.2) is 47.7 Å². The van der Waals surface area contributed by atoms with Crippen LogP contribution < -0.4 is 5.32 Å². The van der Waals surface area contributed by atoms with Gasteiger partial charge >= 0.3 is 0 Å². The molecule has 0 aromatic heterocycles. The number of hydrogen-bond acceptors (Lipinski definition) is 4. The maximum absolute atomic E-state index is 9.53. The summed E-state index contributed by atoms with van der Waals surface area (Å²) in [5, 5.41) is 21.8. The largest absolute Gasteiger partial charge is 0.392 e. The van der Waals surface area contributed by atoms with Gasteiger partial charge in [0.2, 0.25) is 0 Å². The Bertz CT molecular complexity index is 156. The number of ether oxygens (including phenoxy) is 1. The summed E-state index contributed by atoms with van der Waals surface area (Å²) in [4.78, 5) is 0. The molecule has 0 fully saturated rings. The molecule has 0 bridgehead atoms. The number of rotatable bonds is 7. The lowest BCUT2D eigenvalue weighted by Gasteiger charge is -2.22. The fourth-order valence-corrected chi connectivity index (χ4v) is 0.966. The van der Waals surface area contributed by atoms with Crippen molar-refractivity contribution in [1.82, 2.24) is 5.32 Å². The molecule has 15 heavy (non-hydrogen) atoms. The highest BCUT2D eigenvalue weighted by molar-refractivity contribution is 4.65. The van der Waals surface area contributed by atoms with Gasteiger partial charge in [0.15, 0.2) is 0 Å². The second kappa shape index (κ2) is 7.17. The van der Waals surface area contributed by atoms with Crippen molar-refractivity contribution in [2.24, 2.45) is 0 Å². The zero-order valence-corrected chi connectivity index (χ0v) is 10.3. The Balaban J connectivity index is 3.45. The van der Waals surface area contributed by atoms with Crippen LogP contribution in [0.5, 0.6) is 0 Å². The number of nitrogens with one attached hydrogen (secondary N) is 1. The van der Waals surface area contributed by atoms with Crippen LogP contribution in [0.15, 0.2) is 0 Å². The van der Waals surface area contributed by atoms with Gasteiger partial charge in [-0.2, -0.15) is 0 Å². The van der Waals surface area contributed by atoms with E-state index in [2.05, 4.69) is 5.32 Å². The van der Waals surface area contributed by atoms with Crippen LogP contribution in [-0.2, 0) is 4.74 Å². The quantitative estimate of drug-likeness (QED) is 0.584. The summed E-state index contributed by atoms with van der Waals surface area (Å²) >= 11 is 0. The minimum absolute atomic E-state index is 0.218. The second-order valence-electron chi connectivity index (χ2n) is 4.80. The average Bonchev–Trinajstić information content (AvgIpc) is 2.13. The van der Waals surface area contributed by atoms with Crippen LogP contribution in [0, 0.1) is 0 Å². The fourth-order valence-electron chi connectivity index (χ4n) is 0.966. The molecule has 0 rings (SSSR count). The SMILES string of the molecule is CCC(O)CNCC(O)COC(C)(C)C. The van der Waals surface area contributed by atoms with Gasteiger partial charge in [0.05, 0.1) is 24.4 Å². The summed E-state index contributed by atoms with van der Waals surface area (Å²) < 4.78 is 5.42. The number of hydrogen-bond donors (Lipinski definition) is 3. The Morgan fingerprint density at radius 3 is 2.13 bits per heavy atom. The number of aliphatic hydroxyl groups is 2. The first kappa shape index (κ1) is 14.8. The van der Waals surface area contributed by atoms with Crippen LogP contribution >= 0.6 is 0 Å². The van der Waals surface area contributed by atoms with Gasteiger partial charge in [-0.25, -0.2) is 0 Å². The monoisotopic (exact) mass is 219 g/mol. The lowest BCUT2D eigenvalue weighted by molar-refractivity contribution is -0.0482. The normalized spacial score (nSPS) is 16.4. The molecule has 0 aliphatic rings. The molecule has 0 aromatic carbocycles. The predicted octanol–water partition coefficient (Wildman–Crippen LogP) is 0.523. The smallest absolute Gasteiger partial charge is 0.0897 e. The molecule has 0 aromatic rings. The van der Waals surface area contributed by atoms with Gasteiger partial charge in [-0.05, 0) is 27.2 Å². The van der Waals surface area contributed by atoms with Gasteiger partial charge in [-0.3, -0.25) is 0 Å². The summed E-state index contributed by atoms with van der Waals surface area (Å²) in [5.41, 5.74) is -0.218. The van der Waals surface area contributed by atoms with Crippen molar-refractivity contribution in [2.45, 2.75) is 51.9 Å². The van der Waals surface area contributed by atoms with Crippen molar-refractivity contribution >= 4 is 0 Å². The Hall–Kier alpha value is -0.160. The Morgan fingerprint density at radius 1 is 1.13 bits per heavy atom. The standard InChI is InChI=1S/C11H25NO3/c1-5-9(13)6-12-7-10(14)8-15-11(2,3)4/h9-10,12-14H,5-8H2,1-4H3. The maximum Gasteiger partial charge on any atom is 0.0897 e. The van der Waals surface area contributed by atoms with E-state index < -0.39 is 6.10 Å². The van der Waals surface area contributed by atoms with Gasteiger partial charge < -0.3 is 20.3 Å². The van der Waals surface area contributed by atoms with E-state index in [-0.39, 0.29) is 11.7 Å². The minimum Gasteiger partial charge on any atom is -0.392 e. The molecule has 0 saturated carbocycles. The van der Waals surface area contributed by atoms with Crippen LogP contribution in [0.25, 0.3) is 0 Å². The fraction of sp³-hybridized carbons (Fsp3) is 1.00. The first-order chi connectivity index (χ1) is 6.85. The molecule has 2 atom stereocenters. The van der Waals surface area contributed by atoms with Crippen molar-refractivity contribution in [1.29, 1.82) is 0 Å². The predicted molar refractivity (Wildman–Crippen MR) is 60.9 cm³/mol. The van der Waals surface area contributed by atoms with Gasteiger partial charge in [0, 0.05) is 13.1 Å². The van der Waals surface area contributed by atoms with Crippen molar-refractivity contribution < 1.29 is 14.9 Å². The molecule has 0 radical (unpaired) electrons. The first-order valence-electron chi connectivity index (χ1n) is 5.56. The number of aliphatic hydroxyl groups excluding tert-OH is 2. The van der Waals surface area contributed by atoms with E-state index >= 15 is 0 Å². The van der Waals surface area contributed by atoms with E-state index in [0.29, 0.717) is 19.7 Å². The summed E-state index contributed by atoms with van der Waals surface area (Å²) in [6.45, 7) is 9.07. The molecule has 0 aliphatic heterocycles.